The molecule has 1 N–H and O–H groups in total. The van der Waals surface area contributed by atoms with Crippen LogP contribution in [-0.4, -0.2) is 14.5 Å². The van der Waals surface area contributed by atoms with Gasteiger partial charge in [-0.3, -0.25) is 9.36 Å². The van der Waals surface area contributed by atoms with Crippen molar-refractivity contribution < 1.29 is 4.42 Å². The molecule has 0 aliphatic heterocycles. The lowest BCUT2D eigenvalue weighted by Gasteiger charge is -2.06. The van der Waals surface area contributed by atoms with Crippen LogP contribution in [0.3, 0.4) is 0 Å². The van der Waals surface area contributed by atoms with Crippen LogP contribution in [0, 0.1) is 0 Å². The first-order valence-electron chi connectivity index (χ1n) is 9.36. The minimum Gasteiger partial charge on any atom is -0.408 e. The fraction of sp³-hybridized carbons (Fsp3) is 0.0870. The van der Waals surface area contributed by atoms with Gasteiger partial charge in [0, 0.05) is 13.0 Å². The number of aromatic amines is 1. The van der Waals surface area contributed by atoms with E-state index < -0.39 is 5.76 Å². The summed E-state index contributed by atoms with van der Waals surface area (Å²) in [5, 5.41) is 0.543. The number of rotatable bonds is 4. The number of H-pyrrole nitrogens is 1. The number of para-hydroxylation sites is 2. The highest BCUT2D eigenvalue weighted by Crippen LogP contribution is 2.22. The molecule has 0 fully saturated rings. The van der Waals surface area contributed by atoms with E-state index in [0.717, 1.165) is 16.6 Å². The van der Waals surface area contributed by atoms with Crippen LogP contribution in [-0.2, 0) is 13.0 Å². The third kappa shape index (κ3) is 3.14. The minimum absolute atomic E-state index is 0.188. The number of aryl methyl sites for hydroxylation is 2. The molecule has 0 saturated heterocycles. The Bertz CT molecular complexity index is 1450. The van der Waals surface area contributed by atoms with Gasteiger partial charge >= 0.3 is 5.76 Å². The zero-order chi connectivity index (χ0) is 19.8. The summed E-state index contributed by atoms with van der Waals surface area (Å²) in [7, 11) is 0. The molecule has 0 radical (unpaired) electrons. The zero-order valence-corrected chi connectivity index (χ0v) is 15.5. The van der Waals surface area contributed by atoms with E-state index >= 15 is 0 Å². The Labute approximate surface area is 165 Å². The summed E-state index contributed by atoms with van der Waals surface area (Å²) in [5.74, 6) is 0.119. The van der Waals surface area contributed by atoms with Gasteiger partial charge in [-0.05, 0) is 35.4 Å². The van der Waals surface area contributed by atoms with Crippen molar-refractivity contribution >= 4 is 22.0 Å². The molecule has 142 valence electrons. The summed E-state index contributed by atoms with van der Waals surface area (Å²) < 4.78 is 6.81. The maximum absolute atomic E-state index is 12.6. The number of oxazole rings is 1. The number of hydrogen-bond donors (Lipinski definition) is 1. The van der Waals surface area contributed by atoms with Crippen molar-refractivity contribution in [3.63, 3.8) is 0 Å². The Kier molecular flexibility index (Phi) is 4.09. The predicted octanol–water partition coefficient (Wildman–Crippen LogP) is 3.74. The summed E-state index contributed by atoms with van der Waals surface area (Å²) >= 11 is 0. The number of nitrogens with zero attached hydrogens (tertiary/aromatic N) is 2. The molecule has 0 aliphatic carbocycles. The van der Waals surface area contributed by atoms with Crippen molar-refractivity contribution in [2.45, 2.75) is 13.0 Å². The predicted molar refractivity (Wildman–Crippen MR) is 112 cm³/mol. The quantitative estimate of drug-likeness (QED) is 0.513. The fourth-order valence-electron chi connectivity index (χ4n) is 3.56. The van der Waals surface area contributed by atoms with E-state index in [1.54, 1.807) is 10.6 Å². The molecule has 29 heavy (non-hydrogen) atoms. The summed E-state index contributed by atoms with van der Waals surface area (Å²) in [5.41, 5.74) is 3.73. The molecule has 5 aromatic rings. The lowest BCUT2D eigenvalue weighted by molar-refractivity contribution is 0.503. The van der Waals surface area contributed by atoms with Gasteiger partial charge in [0.25, 0.3) is 5.56 Å². The minimum atomic E-state index is -0.415. The highest BCUT2D eigenvalue weighted by atomic mass is 16.4. The molecule has 5 rings (SSSR count). The molecule has 2 heterocycles. The van der Waals surface area contributed by atoms with Gasteiger partial charge in [-0.1, -0.05) is 48.5 Å². The molecule has 3 aromatic carbocycles. The third-order valence-corrected chi connectivity index (χ3v) is 5.01. The average Bonchev–Trinajstić information content (AvgIpc) is 3.07. The van der Waals surface area contributed by atoms with Gasteiger partial charge in [-0.15, -0.1) is 0 Å². The molecule has 2 aromatic heterocycles. The van der Waals surface area contributed by atoms with Crippen LogP contribution < -0.4 is 11.3 Å². The van der Waals surface area contributed by atoms with Crippen molar-refractivity contribution in [2.24, 2.45) is 0 Å². The van der Waals surface area contributed by atoms with Gasteiger partial charge in [-0.2, -0.15) is 0 Å². The number of hydrogen-bond acceptors (Lipinski definition) is 4. The van der Waals surface area contributed by atoms with E-state index in [4.69, 9.17) is 4.42 Å². The number of benzene rings is 3. The van der Waals surface area contributed by atoms with Crippen LogP contribution in [0.4, 0.5) is 0 Å². The van der Waals surface area contributed by atoms with Crippen molar-refractivity contribution in [3.05, 3.63) is 99.5 Å². The van der Waals surface area contributed by atoms with Crippen molar-refractivity contribution in [2.75, 3.05) is 0 Å². The van der Waals surface area contributed by atoms with Crippen LogP contribution in [0.5, 0.6) is 0 Å². The molecule has 0 unspecified atom stereocenters. The van der Waals surface area contributed by atoms with Crippen molar-refractivity contribution in [3.8, 4) is 11.1 Å². The average molecular weight is 383 g/mol. The number of fused-ring (bicyclic) bond motifs is 2. The van der Waals surface area contributed by atoms with Crippen LogP contribution in [0.2, 0.25) is 0 Å². The Morgan fingerprint density at radius 3 is 2.55 bits per heavy atom. The van der Waals surface area contributed by atoms with E-state index in [1.807, 2.05) is 66.7 Å². The van der Waals surface area contributed by atoms with Gasteiger partial charge in [0.2, 0.25) is 0 Å². The van der Waals surface area contributed by atoms with E-state index in [0.29, 0.717) is 35.3 Å². The molecule has 0 spiro atoms. The molecule has 6 nitrogen and oxygen atoms in total. The van der Waals surface area contributed by atoms with Gasteiger partial charge < -0.3 is 9.40 Å². The van der Waals surface area contributed by atoms with Crippen LogP contribution in [0.15, 0.2) is 86.8 Å². The van der Waals surface area contributed by atoms with E-state index in [2.05, 4.69) is 9.97 Å². The lowest BCUT2D eigenvalue weighted by Crippen LogP contribution is -2.18. The molecule has 0 aliphatic rings. The Morgan fingerprint density at radius 1 is 0.897 bits per heavy atom. The normalized spacial score (nSPS) is 11.3. The number of nitrogens with one attached hydrogen (secondary N) is 1. The summed E-state index contributed by atoms with van der Waals surface area (Å²) in [6.45, 7) is 0.367. The maximum atomic E-state index is 12.6. The highest BCUT2D eigenvalue weighted by molar-refractivity contribution is 5.83. The van der Waals surface area contributed by atoms with Gasteiger partial charge in [0.15, 0.2) is 5.58 Å². The Hall–Kier alpha value is -3.93. The smallest absolute Gasteiger partial charge is 0.408 e. The Morgan fingerprint density at radius 2 is 1.69 bits per heavy atom. The van der Waals surface area contributed by atoms with Crippen LogP contribution in [0.25, 0.3) is 33.1 Å². The van der Waals surface area contributed by atoms with Crippen molar-refractivity contribution in [1.29, 1.82) is 0 Å². The van der Waals surface area contributed by atoms with Crippen LogP contribution >= 0.6 is 0 Å². The molecular formula is C23H17N3O3. The van der Waals surface area contributed by atoms with Gasteiger partial charge in [0.05, 0.1) is 16.4 Å². The first-order chi connectivity index (χ1) is 14.2. The molecule has 0 saturated carbocycles. The van der Waals surface area contributed by atoms with E-state index in [1.165, 1.54) is 0 Å². The number of aromatic nitrogens is 3. The van der Waals surface area contributed by atoms with Gasteiger partial charge in [0.1, 0.15) is 5.82 Å². The van der Waals surface area contributed by atoms with Crippen LogP contribution in [0.1, 0.15) is 5.82 Å². The van der Waals surface area contributed by atoms with Crippen molar-refractivity contribution in [1.82, 2.24) is 14.5 Å². The standard InChI is InChI=1S/C23H17N3O3/c27-22-17-14-16(15-6-2-1-3-7-15)10-11-18(17)24-21(25-22)12-13-26-19-8-4-5-9-20(19)29-23(26)28/h1-11,14H,12-13H2,(H,24,25,27). The van der Waals surface area contributed by atoms with E-state index in [-0.39, 0.29) is 5.56 Å². The SMILES string of the molecule is O=c1[nH]c(CCn2c(=O)oc3ccccc32)nc2ccc(-c3ccccc3)cc12. The molecule has 0 amide bonds. The second-order valence-electron chi connectivity index (χ2n) is 6.85. The largest absolute Gasteiger partial charge is 0.419 e. The fourth-order valence-corrected chi connectivity index (χ4v) is 3.56. The zero-order valence-electron chi connectivity index (χ0n) is 15.5. The monoisotopic (exact) mass is 383 g/mol. The topological polar surface area (TPSA) is 80.9 Å². The third-order valence-electron chi connectivity index (χ3n) is 5.01. The second kappa shape index (κ2) is 6.91. The van der Waals surface area contributed by atoms with E-state index in [9.17, 15) is 9.59 Å². The second-order valence-corrected chi connectivity index (χ2v) is 6.85. The van der Waals surface area contributed by atoms with Gasteiger partial charge in [-0.25, -0.2) is 9.78 Å². The summed E-state index contributed by atoms with van der Waals surface area (Å²) in [6.07, 6.45) is 0.412. The first-order valence-corrected chi connectivity index (χ1v) is 9.36. The Balaban J connectivity index is 1.47. The molecular weight excluding hydrogens is 366 g/mol. The lowest BCUT2D eigenvalue weighted by atomic mass is 10.0. The first kappa shape index (κ1) is 17.2. The molecule has 6 heteroatoms. The highest BCUT2D eigenvalue weighted by Gasteiger charge is 2.10. The summed E-state index contributed by atoms with van der Waals surface area (Å²) in [4.78, 5) is 32.2. The summed E-state index contributed by atoms with van der Waals surface area (Å²) in [6, 6.07) is 22.8. The molecule has 0 bridgehead atoms. The maximum Gasteiger partial charge on any atom is 0.419 e. The molecule has 0 atom stereocenters.